The Balaban J connectivity index is 1.38. The lowest BCUT2D eigenvalue weighted by Gasteiger charge is -2.13. The summed E-state index contributed by atoms with van der Waals surface area (Å²) < 4.78 is 10.6. The van der Waals surface area contributed by atoms with Crippen LogP contribution in [0.1, 0.15) is 18.3 Å². The molecular formula is C25H25N3O4S2. The second kappa shape index (κ2) is 10.8. The number of amides is 1. The monoisotopic (exact) mass is 495 g/mol. The maximum Gasteiger partial charge on any atom is 0.260 e. The van der Waals surface area contributed by atoms with E-state index in [1.165, 1.54) is 23.1 Å². The molecule has 4 aromatic rings. The molecule has 2 heterocycles. The lowest BCUT2D eigenvalue weighted by molar-refractivity contribution is -0.120. The fourth-order valence-electron chi connectivity index (χ4n) is 3.50. The van der Waals surface area contributed by atoms with Crippen molar-refractivity contribution in [3.05, 3.63) is 75.7 Å². The number of carbonyl (C=O) groups excluding carboxylic acids is 1. The number of ether oxygens (including phenoxy) is 2. The predicted octanol–water partition coefficient (Wildman–Crippen LogP) is 4.61. The summed E-state index contributed by atoms with van der Waals surface area (Å²) in [7, 11) is 3.16. The van der Waals surface area contributed by atoms with Crippen molar-refractivity contribution in [3.63, 3.8) is 0 Å². The molecule has 0 saturated heterocycles. The van der Waals surface area contributed by atoms with E-state index in [-0.39, 0.29) is 16.7 Å². The number of H-pyrrole nitrogens is 1. The summed E-state index contributed by atoms with van der Waals surface area (Å²) in [4.78, 5) is 33.6. The van der Waals surface area contributed by atoms with E-state index in [1.54, 1.807) is 14.2 Å². The number of fused-ring (bicyclic) bond motifs is 1. The number of methoxy groups -OCH3 is 2. The number of aromatic amines is 1. The van der Waals surface area contributed by atoms with Gasteiger partial charge in [-0.15, -0.1) is 23.1 Å². The van der Waals surface area contributed by atoms with Crippen LogP contribution in [0.5, 0.6) is 11.5 Å². The fraction of sp³-hybridized carbons (Fsp3) is 0.240. The topological polar surface area (TPSA) is 93.3 Å². The van der Waals surface area contributed by atoms with Gasteiger partial charge in [0, 0.05) is 17.5 Å². The summed E-state index contributed by atoms with van der Waals surface area (Å²) in [5, 5.41) is 5.19. The van der Waals surface area contributed by atoms with Crippen LogP contribution in [0.25, 0.3) is 21.3 Å². The molecule has 0 spiro atoms. The summed E-state index contributed by atoms with van der Waals surface area (Å²) >= 11 is 2.87. The number of aromatic nitrogens is 2. The van der Waals surface area contributed by atoms with Gasteiger partial charge in [-0.3, -0.25) is 9.59 Å². The van der Waals surface area contributed by atoms with Crippen LogP contribution in [0.2, 0.25) is 0 Å². The zero-order valence-electron chi connectivity index (χ0n) is 19.1. The first-order valence-corrected chi connectivity index (χ1v) is 12.6. The average Bonchev–Trinajstić information content (AvgIpc) is 3.30. The molecule has 4 rings (SSSR count). The molecule has 0 aliphatic heterocycles. The van der Waals surface area contributed by atoms with E-state index in [0.717, 1.165) is 16.7 Å². The van der Waals surface area contributed by atoms with Gasteiger partial charge in [-0.2, -0.15) is 0 Å². The van der Waals surface area contributed by atoms with Crippen molar-refractivity contribution in [2.75, 3.05) is 14.2 Å². The highest BCUT2D eigenvalue weighted by Gasteiger charge is 2.17. The number of benzene rings is 2. The van der Waals surface area contributed by atoms with Gasteiger partial charge in [0.15, 0.2) is 11.5 Å². The zero-order chi connectivity index (χ0) is 24.1. The van der Waals surface area contributed by atoms with Crippen molar-refractivity contribution in [1.29, 1.82) is 0 Å². The van der Waals surface area contributed by atoms with E-state index >= 15 is 0 Å². The Labute approximate surface area is 205 Å². The van der Waals surface area contributed by atoms with Gasteiger partial charge in [0.2, 0.25) is 5.91 Å². The average molecular weight is 496 g/mol. The molecule has 1 unspecified atom stereocenters. The Morgan fingerprint density at radius 1 is 1.15 bits per heavy atom. The van der Waals surface area contributed by atoms with Gasteiger partial charge in [-0.25, -0.2) is 4.98 Å². The van der Waals surface area contributed by atoms with Crippen molar-refractivity contribution in [1.82, 2.24) is 15.3 Å². The van der Waals surface area contributed by atoms with E-state index in [2.05, 4.69) is 15.3 Å². The van der Waals surface area contributed by atoms with Crippen molar-refractivity contribution < 1.29 is 14.3 Å². The number of hydrogen-bond donors (Lipinski definition) is 2. The summed E-state index contributed by atoms with van der Waals surface area (Å²) in [5.41, 5.74) is 2.62. The molecule has 2 aromatic carbocycles. The first-order chi connectivity index (χ1) is 16.5. The Bertz CT molecular complexity index is 1350. The lowest BCUT2D eigenvalue weighted by Crippen LogP contribution is -2.30. The van der Waals surface area contributed by atoms with Gasteiger partial charge in [0.05, 0.1) is 30.6 Å². The molecule has 1 atom stereocenters. The highest BCUT2D eigenvalue weighted by atomic mass is 32.2. The molecule has 0 saturated carbocycles. The third-order valence-corrected chi connectivity index (χ3v) is 7.36. The number of thiophene rings is 1. The first-order valence-electron chi connectivity index (χ1n) is 10.7. The van der Waals surface area contributed by atoms with Crippen molar-refractivity contribution in [2.24, 2.45) is 0 Å². The third kappa shape index (κ3) is 5.26. The number of nitrogens with one attached hydrogen (secondary N) is 2. The molecule has 7 nitrogen and oxygen atoms in total. The molecule has 9 heteroatoms. The summed E-state index contributed by atoms with van der Waals surface area (Å²) in [5.74, 6) is 2.15. The van der Waals surface area contributed by atoms with Gasteiger partial charge < -0.3 is 19.8 Å². The van der Waals surface area contributed by atoms with Gasteiger partial charge >= 0.3 is 0 Å². The van der Waals surface area contributed by atoms with E-state index in [9.17, 15) is 9.59 Å². The number of carbonyl (C=O) groups is 1. The van der Waals surface area contributed by atoms with E-state index in [0.29, 0.717) is 39.8 Å². The smallest absolute Gasteiger partial charge is 0.260 e. The molecule has 34 heavy (non-hydrogen) atoms. The molecule has 2 aromatic heterocycles. The number of nitrogens with zero attached hydrogens (tertiary/aromatic N) is 1. The van der Waals surface area contributed by atoms with Crippen LogP contribution in [-0.4, -0.2) is 35.3 Å². The maximum atomic E-state index is 12.8. The molecule has 1 amide bonds. The predicted molar refractivity (Wildman–Crippen MR) is 138 cm³/mol. The van der Waals surface area contributed by atoms with Crippen LogP contribution in [-0.2, 0) is 17.1 Å². The van der Waals surface area contributed by atoms with Gasteiger partial charge in [-0.05, 0) is 30.2 Å². The molecule has 0 radical (unpaired) electrons. The summed E-state index contributed by atoms with van der Waals surface area (Å²) in [6.45, 7) is 2.21. The van der Waals surface area contributed by atoms with Crippen molar-refractivity contribution in [3.8, 4) is 22.6 Å². The number of thioether (sulfide) groups is 1. The molecule has 0 fully saturated rings. The Morgan fingerprint density at radius 3 is 2.65 bits per heavy atom. The van der Waals surface area contributed by atoms with Crippen LogP contribution in [0.15, 0.2) is 58.7 Å². The minimum Gasteiger partial charge on any atom is -0.493 e. The first kappa shape index (κ1) is 23.8. The highest BCUT2D eigenvalue weighted by Crippen LogP contribution is 2.31. The largest absolute Gasteiger partial charge is 0.493 e. The van der Waals surface area contributed by atoms with Crippen LogP contribution in [0.4, 0.5) is 0 Å². The third-order valence-electron chi connectivity index (χ3n) is 5.33. The Morgan fingerprint density at radius 2 is 1.91 bits per heavy atom. The van der Waals surface area contributed by atoms with Crippen LogP contribution in [0.3, 0.4) is 0 Å². The molecular weight excluding hydrogens is 470 g/mol. The van der Waals surface area contributed by atoms with Gasteiger partial charge in [-0.1, -0.05) is 36.4 Å². The van der Waals surface area contributed by atoms with Crippen LogP contribution in [0, 0.1) is 0 Å². The SMILES string of the molecule is COc1ccc(CNC(=O)C(C)SCc2nc3scc(-c4ccccc4)c3c(=O)[nH]2)cc1OC. The lowest BCUT2D eigenvalue weighted by atomic mass is 10.1. The quantitative estimate of drug-likeness (QED) is 0.352. The Hall–Kier alpha value is -3.30. The molecule has 0 bridgehead atoms. The second-order valence-corrected chi connectivity index (χ2v) is 9.76. The summed E-state index contributed by atoms with van der Waals surface area (Å²) in [6, 6.07) is 15.3. The highest BCUT2D eigenvalue weighted by molar-refractivity contribution is 7.99. The molecule has 2 N–H and O–H groups in total. The van der Waals surface area contributed by atoms with Crippen LogP contribution >= 0.6 is 23.1 Å². The normalized spacial score (nSPS) is 11.9. The van der Waals surface area contributed by atoms with E-state index in [4.69, 9.17) is 9.47 Å². The van der Waals surface area contributed by atoms with Crippen molar-refractivity contribution >= 4 is 39.2 Å². The maximum absolute atomic E-state index is 12.8. The molecule has 0 aliphatic rings. The second-order valence-electron chi connectivity index (χ2n) is 7.57. The van der Waals surface area contributed by atoms with Crippen molar-refractivity contribution in [2.45, 2.75) is 24.5 Å². The Kier molecular flexibility index (Phi) is 7.54. The molecule has 176 valence electrons. The fourth-order valence-corrected chi connectivity index (χ4v) is 5.24. The van der Waals surface area contributed by atoms with E-state index < -0.39 is 0 Å². The number of hydrogen-bond acceptors (Lipinski definition) is 7. The zero-order valence-corrected chi connectivity index (χ0v) is 20.7. The van der Waals surface area contributed by atoms with E-state index in [1.807, 2.05) is 60.8 Å². The van der Waals surface area contributed by atoms with Crippen LogP contribution < -0.4 is 20.3 Å². The number of rotatable bonds is 9. The minimum absolute atomic E-state index is 0.0919. The van der Waals surface area contributed by atoms with Gasteiger partial charge in [0.25, 0.3) is 5.56 Å². The summed E-state index contributed by atoms with van der Waals surface area (Å²) in [6.07, 6.45) is 0. The minimum atomic E-state index is -0.315. The molecule has 0 aliphatic carbocycles. The van der Waals surface area contributed by atoms with Gasteiger partial charge in [0.1, 0.15) is 10.7 Å². The standard InChI is InChI=1S/C25H25N3O4S2/c1-15(23(29)26-12-16-9-10-19(31-2)20(11-16)32-3)33-14-21-27-24(30)22-18(13-34-25(22)28-21)17-7-5-4-6-8-17/h4-11,13,15H,12,14H2,1-3H3,(H,26,29)(H,27,28,30).